The molecule has 0 radical (unpaired) electrons. The molecular weight excluding hydrogens is 624 g/mol. The van der Waals surface area contributed by atoms with Crippen molar-refractivity contribution in [1.82, 2.24) is 5.32 Å². The minimum absolute atomic E-state index is 0.112. The number of ether oxygens (including phenoxy) is 2. The van der Waals surface area contributed by atoms with Gasteiger partial charge in [0.1, 0.15) is 11.8 Å². The van der Waals surface area contributed by atoms with Crippen LogP contribution < -0.4 is 10.1 Å². The zero-order valence-corrected chi connectivity index (χ0v) is 20.9. The summed E-state index contributed by atoms with van der Waals surface area (Å²) in [5, 5.41) is 1.00. The molecule has 0 bridgehead atoms. The van der Waals surface area contributed by atoms with E-state index in [1.807, 2.05) is 0 Å². The van der Waals surface area contributed by atoms with Crippen molar-refractivity contribution in [2.45, 2.75) is 68.8 Å². The predicted molar refractivity (Wildman–Crippen MR) is 110 cm³/mol. The Hall–Kier alpha value is -3.35. The van der Waals surface area contributed by atoms with Crippen LogP contribution in [0.1, 0.15) is 25.8 Å². The quantitative estimate of drug-likeness (QED) is 0.175. The van der Waals surface area contributed by atoms with Crippen molar-refractivity contribution in [3.05, 3.63) is 29.8 Å². The Morgan fingerprint density at radius 1 is 0.738 bits per heavy atom. The number of hydrogen-bond acceptors (Lipinski definition) is 5. The molecular formula is C22H19F14NO5. The second kappa shape index (κ2) is 12.5. The predicted octanol–water partition coefficient (Wildman–Crippen LogP) is 5.87. The van der Waals surface area contributed by atoms with Crippen LogP contribution in [0.5, 0.6) is 5.75 Å². The molecule has 42 heavy (non-hydrogen) atoms. The summed E-state index contributed by atoms with van der Waals surface area (Å²) < 4.78 is 189. The molecule has 0 aliphatic carbocycles. The van der Waals surface area contributed by atoms with Crippen molar-refractivity contribution in [2.75, 3.05) is 6.61 Å². The number of hydrogen-bond donors (Lipinski definition) is 1. The van der Waals surface area contributed by atoms with Gasteiger partial charge in [-0.15, -0.1) is 0 Å². The lowest BCUT2D eigenvalue weighted by atomic mass is 10.0. The molecule has 20 heteroatoms. The standard InChI is InChI=1S/C22H19F14NO5/c1-10(2)7-8-41-14(38)13(37-15(39)17(23,24)19(27,28)21(31,32)33)9-11-3-5-12(6-4-11)42-16(40)18(25,26)20(29,30)22(34,35)36/h3-6,10,13H,7-9H2,1-2H3,(H,37,39)/t13-/m0/s1. The number of carbonyl (C=O) groups is 3. The molecule has 1 aromatic rings. The van der Waals surface area contributed by atoms with Gasteiger partial charge in [-0.05, 0) is 30.0 Å². The van der Waals surface area contributed by atoms with Crippen molar-refractivity contribution in [3.63, 3.8) is 0 Å². The smallest absolute Gasteiger partial charge is 0.460 e. The zero-order chi connectivity index (χ0) is 33.1. The van der Waals surface area contributed by atoms with Gasteiger partial charge in [-0.3, -0.25) is 4.79 Å². The number of esters is 2. The van der Waals surface area contributed by atoms with Gasteiger partial charge in [-0.25, -0.2) is 9.59 Å². The highest BCUT2D eigenvalue weighted by molar-refractivity contribution is 5.89. The Kier molecular flexibility index (Phi) is 10.9. The van der Waals surface area contributed by atoms with E-state index in [4.69, 9.17) is 4.74 Å². The van der Waals surface area contributed by atoms with Crippen molar-refractivity contribution >= 4 is 17.8 Å². The molecule has 1 aromatic carbocycles. The first-order valence-electron chi connectivity index (χ1n) is 11.1. The van der Waals surface area contributed by atoms with E-state index in [1.54, 1.807) is 13.8 Å². The monoisotopic (exact) mass is 643 g/mol. The summed E-state index contributed by atoms with van der Waals surface area (Å²) in [6.07, 6.45) is -14.6. The van der Waals surface area contributed by atoms with E-state index in [-0.39, 0.29) is 17.9 Å². The largest absolute Gasteiger partial charge is 0.464 e. The van der Waals surface area contributed by atoms with Crippen LogP contribution in [0.15, 0.2) is 24.3 Å². The summed E-state index contributed by atoms with van der Waals surface area (Å²) in [6, 6.07) is -0.130. The summed E-state index contributed by atoms with van der Waals surface area (Å²) in [5.41, 5.74) is -0.348. The molecule has 1 rings (SSSR count). The van der Waals surface area contributed by atoms with Crippen molar-refractivity contribution < 1.29 is 85.3 Å². The van der Waals surface area contributed by atoms with Gasteiger partial charge in [0.05, 0.1) is 6.61 Å². The molecule has 1 N–H and O–H groups in total. The van der Waals surface area contributed by atoms with Crippen LogP contribution in [-0.2, 0) is 25.5 Å². The van der Waals surface area contributed by atoms with E-state index in [1.165, 1.54) is 0 Å². The zero-order valence-electron chi connectivity index (χ0n) is 20.9. The Labute approximate surface area is 226 Å². The molecule has 240 valence electrons. The van der Waals surface area contributed by atoms with Gasteiger partial charge in [0.15, 0.2) is 0 Å². The molecule has 0 aliphatic rings. The summed E-state index contributed by atoms with van der Waals surface area (Å²) in [6.45, 7) is 2.85. The summed E-state index contributed by atoms with van der Waals surface area (Å²) in [4.78, 5) is 35.4. The van der Waals surface area contributed by atoms with E-state index in [9.17, 15) is 75.8 Å². The highest BCUT2D eigenvalue weighted by Gasteiger charge is 2.78. The maximum Gasteiger partial charge on any atom is 0.460 e. The van der Waals surface area contributed by atoms with E-state index in [0.717, 1.165) is 5.32 Å². The molecule has 6 nitrogen and oxygen atoms in total. The average Bonchev–Trinajstić information content (AvgIpc) is 2.82. The second-order valence-electron chi connectivity index (χ2n) is 8.91. The van der Waals surface area contributed by atoms with Crippen LogP contribution in [0.25, 0.3) is 0 Å². The first-order chi connectivity index (χ1) is 18.7. The lowest BCUT2D eigenvalue weighted by Crippen LogP contribution is -2.61. The molecule has 0 spiro atoms. The van der Waals surface area contributed by atoms with Gasteiger partial charge >= 0.3 is 48.0 Å². The van der Waals surface area contributed by atoms with Crippen LogP contribution in [0.3, 0.4) is 0 Å². The van der Waals surface area contributed by atoms with E-state index in [2.05, 4.69) is 4.74 Å². The molecule has 0 aromatic heterocycles. The molecule has 1 amide bonds. The fraction of sp³-hybridized carbons (Fsp3) is 0.591. The van der Waals surface area contributed by atoms with Gasteiger partial charge in [0, 0.05) is 6.42 Å². The van der Waals surface area contributed by atoms with Crippen LogP contribution >= 0.6 is 0 Å². The number of benzene rings is 1. The fourth-order valence-electron chi connectivity index (χ4n) is 2.67. The molecule has 0 heterocycles. The van der Waals surface area contributed by atoms with E-state index in [0.29, 0.717) is 24.3 Å². The Bertz CT molecular complexity index is 1110. The minimum Gasteiger partial charge on any atom is -0.464 e. The van der Waals surface area contributed by atoms with Crippen molar-refractivity contribution in [2.24, 2.45) is 5.92 Å². The van der Waals surface area contributed by atoms with Gasteiger partial charge in [-0.1, -0.05) is 26.0 Å². The van der Waals surface area contributed by atoms with E-state index >= 15 is 0 Å². The highest BCUT2D eigenvalue weighted by Crippen LogP contribution is 2.48. The Morgan fingerprint density at radius 3 is 1.62 bits per heavy atom. The van der Waals surface area contributed by atoms with E-state index < -0.39 is 78.7 Å². The van der Waals surface area contributed by atoms with Gasteiger partial charge in [0.25, 0.3) is 5.91 Å². The third-order valence-corrected chi connectivity index (χ3v) is 5.15. The lowest BCUT2D eigenvalue weighted by molar-refractivity contribution is -0.346. The normalized spacial score (nSPS) is 14.4. The van der Waals surface area contributed by atoms with Gasteiger partial charge in [-0.2, -0.15) is 61.5 Å². The topological polar surface area (TPSA) is 81.7 Å². The highest BCUT2D eigenvalue weighted by atomic mass is 19.4. The number of halogens is 14. The number of alkyl halides is 14. The fourth-order valence-corrected chi connectivity index (χ4v) is 2.67. The summed E-state index contributed by atoms with van der Waals surface area (Å²) in [5.74, 6) is -35.9. The number of nitrogens with one attached hydrogen (secondary N) is 1. The maximum atomic E-state index is 13.8. The van der Waals surface area contributed by atoms with Crippen molar-refractivity contribution in [1.29, 1.82) is 0 Å². The van der Waals surface area contributed by atoms with Crippen LogP contribution in [-0.4, -0.2) is 66.5 Å². The van der Waals surface area contributed by atoms with Crippen LogP contribution in [0, 0.1) is 5.92 Å². The molecule has 0 unspecified atom stereocenters. The van der Waals surface area contributed by atoms with Gasteiger partial charge < -0.3 is 14.8 Å². The average molecular weight is 643 g/mol. The molecule has 0 saturated heterocycles. The maximum absolute atomic E-state index is 13.8. The number of carbonyl (C=O) groups excluding carboxylic acids is 3. The molecule has 1 atom stereocenters. The Balaban J connectivity index is 3.20. The number of amides is 1. The third kappa shape index (κ3) is 7.93. The molecule has 0 saturated carbocycles. The molecule has 0 fully saturated rings. The molecule has 0 aliphatic heterocycles. The SMILES string of the molecule is CC(C)CCOC(=O)[C@H](Cc1ccc(OC(=O)C(F)(F)C(F)(F)C(F)(F)F)cc1)NC(=O)C(F)(F)C(F)(F)C(F)(F)F. The first-order valence-corrected chi connectivity index (χ1v) is 11.1. The first kappa shape index (κ1) is 36.7. The number of rotatable bonds is 12. The summed E-state index contributed by atoms with van der Waals surface area (Å²) in [7, 11) is 0. The lowest BCUT2D eigenvalue weighted by Gasteiger charge is -2.28. The van der Waals surface area contributed by atoms with Crippen molar-refractivity contribution in [3.8, 4) is 5.75 Å². The van der Waals surface area contributed by atoms with Gasteiger partial charge in [0.2, 0.25) is 0 Å². The minimum atomic E-state index is -6.89. The van der Waals surface area contributed by atoms with Crippen LogP contribution in [0.2, 0.25) is 0 Å². The van der Waals surface area contributed by atoms with Crippen LogP contribution in [0.4, 0.5) is 61.5 Å². The summed E-state index contributed by atoms with van der Waals surface area (Å²) >= 11 is 0. The second-order valence-corrected chi connectivity index (χ2v) is 8.91. The third-order valence-electron chi connectivity index (χ3n) is 5.15. The Morgan fingerprint density at radius 2 is 1.19 bits per heavy atom.